The number of nitrogens with one attached hydrogen (secondary N) is 1. The number of thioether (sulfide) groups is 2. The highest BCUT2D eigenvalue weighted by molar-refractivity contribution is 8.32. The van der Waals surface area contributed by atoms with Crippen molar-refractivity contribution in [2.24, 2.45) is 0 Å². The number of carbonyl (C=O) groups is 1. The number of esters is 1. The van der Waals surface area contributed by atoms with Gasteiger partial charge in [-0.15, -0.1) is 0 Å². The summed E-state index contributed by atoms with van der Waals surface area (Å²) in [6, 6.07) is 16.0. The van der Waals surface area contributed by atoms with E-state index in [2.05, 4.69) is 19.2 Å². The molecule has 0 amide bonds. The molecule has 166 valence electrons. The minimum absolute atomic E-state index is 0.294. The van der Waals surface area contributed by atoms with Crippen LogP contribution in [0.15, 0.2) is 57.7 Å². The van der Waals surface area contributed by atoms with Gasteiger partial charge in [-0.1, -0.05) is 66.1 Å². The van der Waals surface area contributed by atoms with Crippen LogP contribution >= 0.6 is 35.7 Å². The number of hydrogen-bond acceptors (Lipinski definition) is 7. The van der Waals surface area contributed by atoms with E-state index < -0.39 is 5.54 Å². The van der Waals surface area contributed by atoms with Gasteiger partial charge in [0.2, 0.25) is 0 Å². The Bertz CT molecular complexity index is 1140. The predicted octanol–water partition coefficient (Wildman–Crippen LogP) is 6.22. The van der Waals surface area contributed by atoms with Gasteiger partial charge >= 0.3 is 5.97 Å². The van der Waals surface area contributed by atoms with Crippen molar-refractivity contribution in [3.05, 3.63) is 74.4 Å². The van der Waals surface area contributed by atoms with E-state index in [1.54, 1.807) is 11.8 Å². The summed E-state index contributed by atoms with van der Waals surface area (Å²) in [5.41, 5.74) is 3.57. The second-order valence-corrected chi connectivity index (χ2v) is 10.5. The molecule has 2 aromatic carbocycles. The number of ether oxygens (including phenoxy) is 2. The Labute approximate surface area is 202 Å². The third-order valence-corrected chi connectivity index (χ3v) is 8.48. The highest BCUT2D eigenvalue weighted by Gasteiger charge is 2.38. The molecular formula is C25H25NO3S3. The summed E-state index contributed by atoms with van der Waals surface area (Å²) >= 11 is 8.88. The highest BCUT2D eigenvalue weighted by atomic mass is 32.2. The monoisotopic (exact) mass is 483 g/mol. The summed E-state index contributed by atoms with van der Waals surface area (Å²) in [5.74, 6) is 0.509. The Balaban J connectivity index is 1.83. The van der Waals surface area contributed by atoms with Gasteiger partial charge in [-0.2, -0.15) is 0 Å². The third-order valence-electron chi connectivity index (χ3n) is 5.12. The van der Waals surface area contributed by atoms with Crippen molar-refractivity contribution in [2.75, 3.05) is 13.2 Å². The number of rotatable bonds is 5. The Morgan fingerprint density at radius 3 is 2.47 bits per heavy atom. The van der Waals surface area contributed by atoms with Gasteiger partial charge in [-0.05, 0) is 51.5 Å². The zero-order chi connectivity index (χ0) is 22.9. The van der Waals surface area contributed by atoms with Crippen LogP contribution < -0.4 is 10.1 Å². The highest BCUT2D eigenvalue weighted by Crippen LogP contribution is 2.56. The Hall–Kier alpha value is -2.22. The van der Waals surface area contributed by atoms with E-state index in [1.807, 2.05) is 62.4 Å². The number of carbonyl (C=O) groups excluding carboxylic acids is 1. The topological polar surface area (TPSA) is 47.6 Å². The minimum Gasteiger partial charge on any atom is -0.494 e. The quantitative estimate of drug-likeness (QED) is 0.400. The molecule has 1 N–H and O–H groups in total. The van der Waals surface area contributed by atoms with Crippen molar-refractivity contribution >= 4 is 57.2 Å². The van der Waals surface area contributed by atoms with Crippen LogP contribution in [0.3, 0.4) is 0 Å². The molecule has 4 rings (SSSR count). The van der Waals surface area contributed by atoms with Crippen LogP contribution in [0.1, 0.15) is 44.4 Å². The van der Waals surface area contributed by atoms with E-state index in [0.717, 1.165) is 42.1 Å². The molecule has 2 heterocycles. The maximum absolute atomic E-state index is 12.8. The summed E-state index contributed by atoms with van der Waals surface area (Å²) in [4.78, 5) is 15.2. The van der Waals surface area contributed by atoms with E-state index in [1.165, 1.54) is 11.8 Å². The van der Waals surface area contributed by atoms with Crippen LogP contribution in [0.5, 0.6) is 5.75 Å². The molecule has 0 aromatic heterocycles. The fraction of sp³-hybridized carbons (Fsp3) is 0.280. The van der Waals surface area contributed by atoms with Crippen LogP contribution in [0.4, 0.5) is 0 Å². The Morgan fingerprint density at radius 1 is 1.03 bits per heavy atom. The van der Waals surface area contributed by atoms with Crippen molar-refractivity contribution in [1.82, 2.24) is 5.32 Å². The first-order chi connectivity index (χ1) is 15.4. The van der Waals surface area contributed by atoms with Gasteiger partial charge in [0.15, 0.2) is 0 Å². The first-order valence-electron chi connectivity index (χ1n) is 10.5. The molecule has 32 heavy (non-hydrogen) atoms. The summed E-state index contributed by atoms with van der Waals surface area (Å²) in [7, 11) is 0. The molecule has 0 radical (unpaired) electrons. The molecule has 2 aromatic rings. The van der Waals surface area contributed by atoms with E-state index >= 15 is 0 Å². The Morgan fingerprint density at radius 2 is 1.78 bits per heavy atom. The van der Waals surface area contributed by atoms with Gasteiger partial charge in [0, 0.05) is 20.9 Å². The van der Waals surface area contributed by atoms with Crippen LogP contribution in [-0.2, 0) is 9.53 Å². The average Bonchev–Trinajstić information content (AvgIpc) is 3.23. The van der Waals surface area contributed by atoms with Crippen LogP contribution in [0, 0.1) is 0 Å². The molecule has 0 saturated heterocycles. The van der Waals surface area contributed by atoms with E-state index in [4.69, 9.17) is 21.7 Å². The molecule has 0 aliphatic carbocycles. The lowest BCUT2D eigenvalue weighted by Crippen LogP contribution is -2.49. The first kappa shape index (κ1) is 23.0. The van der Waals surface area contributed by atoms with Crippen LogP contribution in [-0.4, -0.2) is 29.6 Å². The van der Waals surface area contributed by atoms with Crippen molar-refractivity contribution in [2.45, 2.75) is 33.2 Å². The molecule has 2 aliphatic rings. The molecule has 4 nitrogen and oxygen atoms in total. The van der Waals surface area contributed by atoms with E-state index in [9.17, 15) is 4.79 Å². The fourth-order valence-electron chi connectivity index (χ4n) is 3.63. The molecule has 0 fully saturated rings. The van der Waals surface area contributed by atoms with E-state index in [-0.39, 0.29) is 5.97 Å². The molecule has 0 atom stereocenters. The normalized spacial score (nSPS) is 19.4. The van der Waals surface area contributed by atoms with Gasteiger partial charge in [0.1, 0.15) is 10.7 Å². The molecule has 0 spiro atoms. The molecule has 0 saturated carbocycles. The minimum atomic E-state index is -0.420. The second-order valence-electron chi connectivity index (χ2n) is 7.83. The molecule has 7 heteroatoms. The zero-order valence-corrected chi connectivity index (χ0v) is 20.9. The zero-order valence-electron chi connectivity index (χ0n) is 18.5. The number of hydrogen-bond donors (Lipinski definition) is 1. The van der Waals surface area contributed by atoms with Gasteiger partial charge in [-0.3, -0.25) is 0 Å². The van der Waals surface area contributed by atoms with E-state index in [0.29, 0.717) is 18.1 Å². The number of benzene rings is 2. The average molecular weight is 484 g/mol. The van der Waals surface area contributed by atoms with Crippen molar-refractivity contribution in [1.29, 1.82) is 0 Å². The summed E-state index contributed by atoms with van der Waals surface area (Å²) in [6.07, 6.45) is 0. The van der Waals surface area contributed by atoms with Gasteiger partial charge < -0.3 is 14.8 Å². The summed E-state index contributed by atoms with van der Waals surface area (Å²) in [6.45, 7) is 8.88. The fourth-order valence-corrected chi connectivity index (χ4v) is 6.45. The van der Waals surface area contributed by atoms with Crippen molar-refractivity contribution < 1.29 is 14.3 Å². The smallest absolute Gasteiger partial charge is 0.346 e. The lowest BCUT2D eigenvalue weighted by atomic mass is 9.86. The number of thiocarbonyl (C=S) groups is 1. The lowest BCUT2D eigenvalue weighted by Gasteiger charge is -2.37. The van der Waals surface area contributed by atoms with Gasteiger partial charge in [-0.25, -0.2) is 4.79 Å². The first-order valence-corrected chi connectivity index (χ1v) is 12.6. The largest absolute Gasteiger partial charge is 0.494 e. The molecular weight excluding hydrogens is 458 g/mol. The SMILES string of the molecule is CCOC(=O)C1=C(c2ccccc2)SC(=C2NC(C)(C)C(=S)c3cc(OCC)ccc32)S1. The number of fused-ring (bicyclic) bond motifs is 1. The van der Waals surface area contributed by atoms with Gasteiger partial charge in [0.05, 0.1) is 28.7 Å². The van der Waals surface area contributed by atoms with Crippen LogP contribution in [0.2, 0.25) is 0 Å². The van der Waals surface area contributed by atoms with Gasteiger partial charge in [0.25, 0.3) is 0 Å². The summed E-state index contributed by atoms with van der Waals surface area (Å²) in [5, 5.41) is 3.63. The standard InChI is InChI=1S/C25H25NO3S3/c1-5-28-16-12-13-17-18(14-16)22(30)25(3,4)26-19(17)24-31-20(15-10-8-7-9-11-15)21(32-24)23(27)29-6-2/h7-14,26H,5-6H2,1-4H3. The molecule has 0 unspecified atom stereocenters. The predicted molar refractivity (Wildman–Crippen MR) is 139 cm³/mol. The Kier molecular flexibility index (Phi) is 6.70. The van der Waals surface area contributed by atoms with Crippen molar-refractivity contribution in [3.63, 3.8) is 0 Å². The second kappa shape index (κ2) is 9.33. The summed E-state index contributed by atoms with van der Waals surface area (Å²) < 4.78 is 12.1. The maximum Gasteiger partial charge on any atom is 0.346 e. The lowest BCUT2D eigenvalue weighted by molar-refractivity contribution is -0.137. The maximum atomic E-state index is 12.8. The van der Waals surface area contributed by atoms with Crippen molar-refractivity contribution in [3.8, 4) is 5.75 Å². The van der Waals surface area contributed by atoms with Crippen LogP contribution in [0.25, 0.3) is 10.6 Å². The molecule has 2 aliphatic heterocycles. The third kappa shape index (κ3) is 4.34. The molecule has 0 bridgehead atoms.